The fourth-order valence-corrected chi connectivity index (χ4v) is 2.18. The van der Waals surface area contributed by atoms with Crippen molar-refractivity contribution in [2.45, 2.75) is 58.8 Å². The Morgan fingerprint density at radius 1 is 0.826 bits per heavy atom. The first-order valence-electron chi connectivity index (χ1n) is 8.62. The van der Waals surface area contributed by atoms with Crippen LogP contribution in [0, 0.1) is 0 Å². The smallest absolute Gasteiger partial charge is 0.338 e. The molecule has 0 aromatic carbocycles. The van der Waals surface area contributed by atoms with Crippen molar-refractivity contribution in [1.29, 1.82) is 0 Å². The number of hydrogen-bond acceptors (Lipinski definition) is 4. The highest BCUT2D eigenvalue weighted by molar-refractivity contribution is 6.04. The van der Waals surface area contributed by atoms with Crippen molar-refractivity contribution < 1.29 is 19.1 Å². The standard InChI is InChI=1S/C19H28O4/c1-3-5-10-14-22-18(20)16-12-8-7-9-13-17(16)19(21)23-15-11-6-4-2/h8-9,12-13H,3-7,10-11,14-15H2,1-2H3. The van der Waals surface area contributed by atoms with E-state index in [4.69, 9.17) is 9.47 Å². The van der Waals surface area contributed by atoms with Gasteiger partial charge in [-0.15, -0.1) is 0 Å². The van der Waals surface area contributed by atoms with Gasteiger partial charge in [-0.25, -0.2) is 9.59 Å². The van der Waals surface area contributed by atoms with Crippen molar-refractivity contribution in [1.82, 2.24) is 0 Å². The first-order valence-corrected chi connectivity index (χ1v) is 8.62. The van der Waals surface area contributed by atoms with Gasteiger partial charge in [-0.1, -0.05) is 63.8 Å². The van der Waals surface area contributed by atoms with Crippen molar-refractivity contribution in [2.75, 3.05) is 13.2 Å². The third-order valence-corrected chi connectivity index (χ3v) is 3.53. The van der Waals surface area contributed by atoms with Gasteiger partial charge in [0.05, 0.1) is 24.4 Å². The number of carbonyl (C=O) groups excluding carboxylic acids is 2. The van der Waals surface area contributed by atoms with Gasteiger partial charge in [-0.3, -0.25) is 0 Å². The second-order valence-electron chi connectivity index (χ2n) is 5.55. The topological polar surface area (TPSA) is 52.6 Å². The van der Waals surface area contributed by atoms with Gasteiger partial charge in [0.25, 0.3) is 0 Å². The van der Waals surface area contributed by atoms with Gasteiger partial charge in [0.15, 0.2) is 0 Å². The van der Waals surface area contributed by atoms with Crippen molar-refractivity contribution in [2.24, 2.45) is 0 Å². The van der Waals surface area contributed by atoms with Crippen molar-refractivity contribution in [3.63, 3.8) is 0 Å². The van der Waals surface area contributed by atoms with E-state index < -0.39 is 11.9 Å². The molecule has 4 nitrogen and oxygen atoms in total. The molecule has 0 heterocycles. The maximum absolute atomic E-state index is 12.2. The fraction of sp³-hybridized carbons (Fsp3) is 0.579. The Kier molecular flexibility index (Phi) is 9.76. The Morgan fingerprint density at radius 2 is 1.26 bits per heavy atom. The minimum Gasteiger partial charge on any atom is -0.462 e. The van der Waals surface area contributed by atoms with Gasteiger partial charge in [0, 0.05) is 0 Å². The van der Waals surface area contributed by atoms with Crippen LogP contribution in [0.1, 0.15) is 58.8 Å². The SMILES string of the molecule is CCCCCOC(=O)C1=C(C(=O)OCCCCC)C=CCC=C1. The molecule has 0 N–H and O–H groups in total. The lowest BCUT2D eigenvalue weighted by atomic mass is 10.1. The van der Waals surface area contributed by atoms with Gasteiger partial charge < -0.3 is 9.47 Å². The number of esters is 2. The van der Waals surface area contributed by atoms with Crippen LogP contribution in [0.3, 0.4) is 0 Å². The van der Waals surface area contributed by atoms with Crippen LogP contribution in [0.5, 0.6) is 0 Å². The molecule has 0 saturated carbocycles. The van der Waals surface area contributed by atoms with Crippen molar-refractivity contribution in [3.8, 4) is 0 Å². The lowest BCUT2D eigenvalue weighted by molar-refractivity contribution is -0.141. The van der Waals surface area contributed by atoms with E-state index in [2.05, 4.69) is 13.8 Å². The molecule has 0 radical (unpaired) electrons. The highest BCUT2D eigenvalue weighted by Gasteiger charge is 2.20. The summed E-state index contributed by atoms with van der Waals surface area (Å²) >= 11 is 0. The molecule has 23 heavy (non-hydrogen) atoms. The quantitative estimate of drug-likeness (QED) is 0.445. The van der Waals surface area contributed by atoms with Crippen molar-refractivity contribution >= 4 is 11.9 Å². The van der Waals surface area contributed by atoms with E-state index in [1.54, 1.807) is 12.2 Å². The number of ether oxygens (including phenoxy) is 2. The summed E-state index contributed by atoms with van der Waals surface area (Å²) in [6.45, 7) is 4.95. The molecular formula is C19H28O4. The van der Waals surface area contributed by atoms with Crippen LogP contribution in [0.2, 0.25) is 0 Å². The molecule has 4 heteroatoms. The average Bonchev–Trinajstić information content (AvgIpc) is 2.81. The van der Waals surface area contributed by atoms with Crippen LogP contribution >= 0.6 is 0 Å². The summed E-state index contributed by atoms with van der Waals surface area (Å²) in [5.74, 6) is -0.908. The summed E-state index contributed by atoms with van der Waals surface area (Å²) in [4.78, 5) is 24.5. The second kappa shape index (κ2) is 11.7. The molecule has 1 rings (SSSR count). The Hall–Kier alpha value is -1.84. The largest absolute Gasteiger partial charge is 0.462 e. The Morgan fingerprint density at radius 3 is 1.65 bits per heavy atom. The number of carbonyl (C=O) groups is 2. The minimum absolute atomic E-state index is 0.288. The first-order chi connectivity index (χ1) is 11.2. The fourth-order valence-electron chi connectivity index (χ4n) is 2.18. The zero-order valence-electron chi connectivity index (χ0n) is 14.3. The van der Waals surface area contributed by atoms with Gasteiger partial charge in [0.1, 0.15) is 0 Å². The second-order valence-corrected chi connectivity index (χ2v) is 5.55. The molecule has 0 saturated heterocycles. The molecule has 0 fully saturated rings. The average molecular weight is 320 g/mol. The van der Waals surface area contributed by atoms with Gasteiger partial charge in [0.2, 0.25) is 0 Å². The monoisotopic (exact) mass is 320 g/mol. The normalized spacial score (nSPS) is 13.8. The number of hydrogen-bond donors (Lipinski definition) is 0. The lowest BCUT2D eigenvalue weighted by Crippen LogP contribution is -2.15. The van der Waals surface area contributed by atoms with Crippen LogP contribution < -0.4 is 0 Å². The molecule has 0 unspecified atom stereocenters. The van der Waals surface area contributed by atoms with E-state index >= 15 is 0 Å². The number of rotatable bonds is 10. The van der Waals surface area contributed by atoms with Gasteiger partial charge in [-0.05, 0) is 19.3 Å². The van der Waals surface area contributed by atoms with E-state index in [1.165, 1.54) is 0 Å². The third-order valence-electron chi connectivity index (χ3n) is 3.53. The highest BCUT2D eigenvalue weighted by atomic mass is 16.5. The Bertz CT molecular complexity index is 430. The maximum Gasteiger partial charge on any atom is 0.338 e. The lowest BCUT2D eigenvalue weighted by Gasteiger charge is -2.09. The Balaban J connectivity index is 2.70. The molecule has 0 spiro atoms. The molecule has 1 aliphatic rings. The van der Waals surface area contributed by atoms with E-state index in [9.17, 15) is 9.59 Å². The highest BCUT2D eigenvalue weighted by Crippen LogP contribution is 2.17. The molecule has 0 bridgehead atoms. The van der Waals surface area contributed by atoms with Gasteiger partial charge in [-0.2, -0.15) is 0 Å². The van der Waals surface area contributed by atoms with E-state index in [0.717, 1.165) is 38.5 Å². The van der Waals surface area contributed by atoms with Crippen LogP contribution in [0.4, 0.5) is 0 Å². The maximum atomic E-state index is 12.2. The molecule has 1 aliphatic carbocycles. The predicted octanol–water partition coefficient (Wildman–Crippen LogP) is 4.27. The number of unbranched alkanes of at least 4 members (excludes halogenated alkanes) is 4. The Labute approximate surface area is 139 Å². The van der Waals surface area contributed by atoms with Crippen LogP contribution in [-0.4, -0.2) is 25.2 Å². The van der Waals surface area contributed by atoms with Gasteiger partial charge >= 0.3 is 11.9 Å². The predicted molar refractivity (Wildman–Crippen MR) is 90.9 cm³/mol. The first kappa shape index (κ1) is 19.2. The zero-order chi connectivity index (χ0) is 16.9. The summed E-state index contributed by atoms with van der Waals surface area (Å²) in [6, 6.07) is 0. The zero-order valence-corrected chi connectivity index (χ0v) is 14.3. The molecule has 128 valence electrons. The molecular weight excluding hydrogens is 292 g/mol. The number of allylic oxidation sites excluding steroid dienone is 2. The van der Waals surface area contributed by atoms with Crippen LogP contribution in [0.25, 0.3) is 0 Å². The summed E-state index contributed by atoms with van der Waals surface area (Å²) in [5.41, 5.74) is 0.575. The van der Waals surface area contributed by atoms with Crippen molar-refractivity contribution in [3.05, 3.63) is 35.5 Å². The van der Waals surface area contributed by atoms with E-state index in [0.29, 0.717) is 19.6 Å². The summed E-state index contributed by atoms with van der Waals surface area (Å²) < 4.78 is 10.5. The van der Waals surface area contributed by atoms with Crippen LogP contribution in [-0.2, 0) is 19.1 Å². The summed E-state index contributed by atoms with van der Waals surface area (Å²) in [7, 11) is 0. The molecule has 0 aromatic rings. The minimum atomic E-state index is -0.454. The van der Waals surface area contributed by atoms with Crippen LogP contribution in [0.15, 0.2) is 35.5 Å². The molecule has 0 amide bonds. The molecule has 0 aromatic heterocycles. The molecule has 0 aliphatic heterocycles. The summed E-state index contributed by atoms with van der Waals surface area (Å²) in [6.07, 6.45) is 13.5. The summed E-state index contributed by atoms with van der Waals surface area (Å²) in [5, 5.41) is 0. The van der Waals surface area contributed by atoms with E-state index in [1.807, 2.05) is 12.2 Å². The van der Waals surface area contributed by atoms with E-state index in [-0.39, 0.29) is 11.1 Å². The molecule has 0 atom stereocenters. The third kappa shape index (κ3) is 7.31.